The zero-order valence-corrected chi connectivity index (χ0v) is 15.8. The van der Waals surface area contributed by atoms with E-state index in [1.807, 2.05) is 18.4 Å². The van der Waals surface area contributed by atoms with E-state index in [2.05, 4.69) is 41.0 Å². The Labute approximate surface area is 154 Å². The Morgan fingerprint density at radius 2 is 1.80 bits per heavy atom. The molecule has 4 aliphatic carbocycles. The molecule has 132 valence electrons. The summed E-state index contributed by atoms with van der Waals surface area (Å²) in [5.74, 6) is 3.97. The highest BCUT2D eigenvalue weighted by Crippen LogP contribution is 2.62. The molecule has 0 saturated heterocycles. The van der Waals surface area contributed by atoms with E-state index in [0.717, 1.165) is 30.0 Å². The minimum absolute atomic E-state index is 0.376. The minimum Gasteiger partial charge on any atom is -0.496 e. The van der Waals surface area contributed by atoms with Gasteiger partial charge in [0.25, 0.3) is 0 Å². The molecule has 1 heterocycles. The van der Waals surface area contributed by atoms with Crippen molar-refractivity contribution in [3.05, 3.63) is 46.2 Å². The van der Waals surface area contributed by atoms with Gasteiger partial charge in [0, 0.05) is 22.7 Å². The molecule has 2 nitrogen and oxygen atoms in total. The first kappa shape index (κ1) is 15.7. The van der Waals surface area contributed by atoms with Crippen molar-refractivity contribution in [2.45, 2.75) is 50.5 Å². The van der Waals surface area contributed by atoms with Gasteiger partial charge in [0.05, 0.1) is 7.11 Å². The fraction of sp³-hybridized carbons (Fsp3) is 0.545. The van der Waals surface area contributed by atoms with Crippen molar-refractivity contribution in [2.24, 2.45) is 17.8 Å². The van der Waals surface area contributed by atoms with Gasteiger partial charge in [0.15, 0.2) is 0 Å². The lowest BCUT2D eigenvalue weighted by Gasteiger charge is -2.57. The number of nitrogens with one attached hydrogen (secondary N) is 1. The molecule has 1 N–H and O–H groups in total. The number of benzene rings is 1. The van der Waals surface area contributed by atoms with Gasteiger partial charge >= 0.3 is 0 Å². The highest BCUT2D eigenvalue weighted by atomic mass is 32.1. The van der Waals surface area contributed by atoms with Crippen molar-refractivity contribution >= 4 is 17.0 Å². The molecule has 3 heteroatoms. The predicted octanol–water partition coefficient (Wildman–Crippen LogP) is 5.84. The molecule has 0 radical (unpaired) electrons. The summed E-state index contributed by atoms with van der Waals surface area (Å²) >= 11 is 1.81. The summed E-state index contributed by atoms with van der Waals surface area (Å²) in [6.45, 7) is 0.907. The zero-order valence-electron chi connectivity index (χ0n) is 15.0. The average molecular weight is 354 g/mol. The number of thiophene rings is 1. The Morgan fingerprint density at radius 3 is 2.40 bits per heavy atom. The van der Waals surface area contributed by atoms with E-state index in [4.69, 9.17) is 4.74 Å². The van der Waals surface area contributed by atoms with Crippen LogP contribution >= 0.6 is 11.3 Å². The van der Waals surface area contributed by atoms with Crippen molar-refractivity contribution in [1.29, 1.82) is 0 Å². The van der Waals surface area contributed by atoms with E-state index in [1.54, 1.807) is 0 Å². The van der Waals surface area contributed by atoms with Gasteiger partial charge in [-0.25, -0.2) is 0 Å². The number of anilines is 1. The van der Waals surface area contributed by atoms with Crippen LogP contribution in [-0.2, 0) is 12.0 Å². The SMILES string of the molecule is COc1ccc(NCc2cccs2)cc1C12CC3CC(CC(C3)C1)C2. The maximum atomic E-state index is 5.81. The Hall–Kier alpha value is -1.48. The predicted molar refractivity (Wildman–Crippen MR) is 104 cm³/mol. The quantitative estimate of drug-likeness (QED) is 0.729. The minimum atomic E-state index is 0.376. The maximum absolute atomic E-state index is 5.81. The van der Waals surface area contributed by atoms with Crippen LogP contribution in [0.4, 0.5) is 5.69 Å². The molecule has 0 amide bonds. The van der Waals surface area contributed by atoms with Crippen molar-refractivity contribution < 1.29 is 4.74 Å². The molecule has 4 saturated carbocycles. The highest BCUT2D eigenvalue weighted by molar-refractivity contribution is 7.09. The lowest BCUT2D eigenvalue weighted by atomic mass is 9.48. The third-order valence-corrected chi connectivity index (χ3v) is 7.73. The molecule has 4 bridgehead atoms. The van der Waals surface area contributed by atoms with Crippen molar-refractivity contribution in [3.63, 3.8) is 0 Å². The molecule has 0 atom stereocenters. The molecular formula is C22H27NOS. The van der Waals surface area contributed by atoms with Crippen molar-refractivity contribution in [2.75, 3.05) is 12.4 Å². The Kier molecular flexibility index (Phi) is 3.81. The van der Waals surface area contributed by atoms with Gasteiger partial charge < -0.3 is 10.1 Å². The fourth-order valence-corrected chi connectivity index (χ4v) is 6.92. The lowest BCUT2D eigenvalue weighted by Crippen LogP contribution is -2.48. The maximum Gasteiger partial charge on any atom is 0.122 e. The van der Waals surface area contributed by atoms with Gasteiger partial charge in [-0.3, -0.25) is 0 Å². The second kappa shape index (κ2) is 6.05. The first-order valence-corrected chi connectivity index (χ1v) is 10.6. The van der Waals surface area contributed by atoms with Gasteiger partial charge in [-0.05, 0) is 91.3 Å². The van der Waals surface area contributed by atoms with E-state index < -0.39 is 0 Å². The van der Waals surface area contributed by atoms with E-state index in [-0.39, 0.29) is 0 Å². The Bertz CT molecular complexity index is 716. The van der Waals surface area contributed by atoms with Gasteiger partial charge in [-0.1, -0.05) is 6.07 Å². The van der Waals surface area contributed by atoms with Crippen molar-refractivity contribution in [3.8, 4) is 5.75 Å². The largest absolute Gasteiger partial charge is 0.496 e. The molecule has 6 rings (SSSR count). The molecule has 4 fully saturated rings. The van der Waals surface area contributed by atoms with Crippen LogP contribution in [0.5, 0.6) is 5.75 Å². The standard InChI is InChI=1S/C22H27NOS/c1-24-21-5-4-18(23-14-19-3-2-6-25-19)10-20(21)22-11-15-7-16(12-22)9-17(8-15)13-22/h2-6,10,15-17,23H,7-9,11-14H2,1H3. The van der Waals surface area contributed by atoms with Gasteiger partial charge in [0.1, 0.15) is 5.75 Å². The number of ether oxygens (including phenoxy) is 1. The molecule has 0 aliphatic heterocycles. The summed E-state index contributed by atoms with van der Waals surface area (Å²) in [7, 11) is 1.83. The van der Waals surface area contributed by atoms with E-state index >= 15 is 0 Å². The van der Waals surface area contributed by atoms with Crippen LogP contribution in [0, 0.1) is 17.8 Å². The van der Waals surface area contributed by atoms with Crippen LogP contribution in [-0.4, -0.2) is 7.11 Å². The Morgan fingerprint density at radius 1 is 1.08 bits per heavy atom. The summed E-state index contributed by atoms with van der Waals surface area (Å²) in [6, 6.07) is 11.1. The topological polar surface area (TPSA) is 21.3 Å². The third kappa shape index (κ3) is 2.77. The zero-order chi connectivity index (χ0) is 16.9. The van der Waals surface area contributed by atoms with E-state index in [9.17, 15) is 0 Å². The first-order valence-electron chi connectivity index (χ1n) is 9.69. The summed E-state index contributed by atoms with van der Waals surface area (Å²) in [6.07, 6.45) is 8.59. The molecule has 4 aliphatic rings. The van der Waals surface area contributed by atoms with Crippen molar-refractivity contribution in [1.82, 2.24) is 0 Å². The summed E-state index contributed by atoms with van der Waals surface area (Å²) in [4.78, 5) is 1.38. The number of rotatable bonds is 5. The lowest BCUT2D eigenvalue weighted by molar-refractivity contribution is -0.00613. The molecular weight excluding hydrogens is 326 g/mol. The normalized spacial score (nSPS) is 32.8. The smallest absolute Gasteiger partial charge is 0.122 e. The van der Waals surface area contributed by atoms with E-state index in [1.165, 1.54) is 54.7 Å². The highest BCUT2D eigenvalue weighted by Gasteiger charge is 2.52. The Balaban J connectivity index is 1.46. The number of methoxy groups -OCH3 is 1. The van der Waals surface area contributed by atoms with Crippen LogP contribution in [0.2, 0.25) is 0 Å². The summed E-state index contributed by atoms with van der Waals surface area (Å²) in [5.41, 5.74) is 3.09. The van der Waals surface area contributed by atoms with Crippen LogP contribution < -0.4 is 10.1 Å². The van der Waals surface area contributed by atoms with E-state index in [0.29, 0.717) is 5.41 Å². The third-order valence-electron chi connectivity index (χ3n) is 6.86. The number of hydrogen-bond acceptors (Lipinski definition) is 3. The molecule has 1 aromatic carbocycles. The van der Waals surface area contributed by atoms with Crippen LogP contribution in [0.1, 0.15) is 49.0 Å². The molecule has 0 spiro atoms. The fourth-order valence-electron chi connectivity index (χ4n) is 6.28. The average Bonchev–Trinajstić information content (AvgIpc) is 3.12. The monoisotopic (exact) mass is 353 g/mol. The molecule has 25 heavy (non-hydrogen) atoms. The first-order chi connectivity index (χ1) is 12.2. The van der Waals surface area contributed by atoms with Crippen LogP contribution in [0.15, 0.2) is 35.7 Å². The summed E-state index contributed by atoms with van der Waals surface area (Å²) < 4.78 is 5.81. The number of hydrogen-bond donors (Lipinski definition) is 1. The molecule has 0 unspecified atom stereocenters. The second-order valence-corrected chi connectivity index (χ2v) is 9.58. The van der Waals surface area contributed by atoms with Gasteiger partial charge in [0.2, 0.25) is 0 Å². The van der Waals surface area contributed by atoms with Crippen LogP contribution in [0.25, 0.3) is 0 Å². The second-order valence-electron chi connectivity index (χ2n) is 8.55. The summed E-state index contributed by atoms with van der Waals surface area (Å²) in [5, 5.41) is 5.77. The van der Waals surface area contributed by atoms with Gasteiger partial charge in [-0.15, -0.1) is 11.3 Å². The van der Waals surface area contributed by atoms with Crippen LogP contribution in [0.3, 0.4) is 0 Å². The van der Waals surface area contributed by atoms with Gasteiger partial charge in [-0.2, -0.15) is 0 Å². The molecule has 2 aromatic rings. The molecule has 1 aromatic heterocycles.